The van der Waals surface area contributed by atoms with Crippen LogP contribution in [0.2, 0.25) is 0 Å². The number of phosphoric ester groups is 1. The first-order valence-corrected chi connectivity index (χ1v) is 11.8. The van der Waals surface area contributed by atoms with Crippen LogP contribution in [0.5, 0.6) is 17.2 Å². The van der Waals surface area contributed by atoms with Crippen LogP contribution < -0.4 is 13.6 Å². The van der Waals surface area contributed by atoms with E-state index in [1.165, 1.54) is 0 Å². The van der Waals surface area contributed by atoms with Gasteiger partial charge in [-0.15, -0.1) is 0 Å². The second-order valence-electron chi connectivity index (χ2n) is 6.43. The minimum atomic E-state index is -5.17. The summed E-state index contributed by atoms with van der Waals surface area (Å²) in [4.78, 5) is 0. The number of hydrogen-bond donors (Lipinski definition) is 0. The summed E-state index contributed by atoms with van der Waals surface area (Å²) < 4.78 is 64.9. The summed E-state index contributed by atoms with van der Waals surface area (Å²) in [6, 6.07) is 22.0. The zero-order valence-electron chi connectivity index (χ0n) is 17.8. The molecule has 8 nitrogen and oxygen atoms in total. The fraction of sp³-hybridized carbons (Fsp3) is 0.143. The van der Waals surface area contributed by atoms with Gasteiger partial charge < -0.3 is 22.7 Å². The van der Waals surface area contributed by atoms with Crippen molar-refractivity contribution in [1.29, 1.82) is 0 Å². The van der Waals surface area contributed by atoms with E-state index < -0.39 is 18.2 Å². The van der Waals surface area contributed by atoms with Crippen LogP contribution in [0.1, 0.15) is 16.7 Å². The molecule has 0 aliphatic heterocycles. The number of para-hydroxylation sites is 3. The summed E-state index contributed by atoms with van der Waals surface area (Å²) in [6.07, 6.45) is 0. The molecule has 0 radical (unpaired) electrons. The van der Waals surface area contributed by atoms with E-state index in [1.54, 1.807) is 18.2 Å². The van der Waals surface area contributed by atoms with Crippen molar-refractivity contribution < 1.29 is 35.7 Å². The van der Waals surface area contributed by atoms with Crippen molar-refractivity contribution in [1.82, 2.24) is 0 Å². The molecule has 0 unspecified atom stereocenters. The summed E-state index contributed by atoms with van der Waals surface area (Å²) in [5, 5.41) is 0. The third kappa shape index (κ3) is 10.1. The Bertz CT molecular complexity index is 1050. The van der Waals surface area contributed by atoms with Crippen molar-refractivity contribution in [2.45, 2.75) is 20.8 Å². The van der Waals surface area contributed by atoms with Crippen LogP contribution in [0, 0.1) is 20.8 Å². The molecule has 3 aromatic carbocycles. The quantitative estimate of drug-likeness (QED) is 0.175. The zero-order valence-corrected chi connectivity index (χ0v) is 23.9. The molecular formula is C21H21BaO8PS. The molecule has 0 fully saturated rings. The molecule has 166 valence electrons. The minimum absolute atomic E-state index is 0. The predicted molar refractivity (Wildman–Crippen MR) is 119 cm³/mol. The fourth-order valence-corrected chi connectivity index (χ4v) is 3.84. The molecule has 0 saturated carbocycles. The van der Waals surface area contributed by atoms with Crippen LogP contribution >= 0.6 is 7.82 Å². The molecule has 0 saturated heterocycles. The van der Waals surface area contributed by atoms with Crippen LogP contribution in [-0.4, -0.2) is 66.4 Å². The average Bonchev–Trinajstić information content (AvgIpc) is 2.66. The zero-order chi connectivity index (χ0) is 23.1. The van der Waals surface area contributed by atoms with Gasteiger partial charge in [0.2, 0.25) is 0 Å². The van der Waals surface area contributed by atoms with Gasteiger partial charge in [0.25, 0.3) is 0 Å². The van der Waals surface area contributed by atoms with Crippen LogP contribution in [0.3, 0.4) is 0 Å². The molecule has 32 heavy (non-hydrogen) atoms. The molecule has 11 heteroatoms. The van der Waals surface area contributed by atoms with Crippen molar-refractivity contribution in [2.75, 3.05) is 0 Å². The third-order valence-corrected chi connectivity index (χ3v) is 5.17. The molecule has 0 aliphatic carbocycles. The Morgan fingerprint density at radius 1 is 0.625 bits per heavy atom. The number of phosphoric acid groups is 1. The Morgan fingerprint density at radius 2 is 0.844 bits per heavy atom. The van der Waals surface area contributed by atoms with E-state index >= 15 is 0 Å². The minimum Gasteiger partial charge on any atom is -0.759 e. The van der Waals surface area contributed by atoms with E-state index in [1.807, 2.05) is 75.4 Å². The van der Waals surface area contributed by atoms with E-state index in [0.717, 1.165) is 16.7 Å². The number of rotatable bonds is 6. The molecule has 0 N–H and O–H groups in total. The Morgan fingerprint density at radius 3 is 1.06 bits per heavy atom. The van der Waals surface area contributed by atoms with Gasteiger partial charge in [0.1, 0.15) is 17.2 Å². The standard InChI is InChI=1S/C21H21O4P.Ba.H2O4S/c1-16-10-4-7-13-19(16)23-26(22,24-20-14-8-5-11-17(20)2)25-21-15-9-6-12-18(21)3;;1-5(2,3)4/h4-15H,1-3H3;;(H2,1,2,3,4)/q;+2;/p-2. The summed E-state index contributed by atoms with van der Waals surface area (Å²) in [7, 11) is -9.13. The van der Waals surface area contributed by atoms with Crippen LogP contribution in [0.15, 0.2) is 72.8 Å². The van der Waals surface area contributed by atoms with E-state index in [2.05, 4.69) is 0 Å². The van der Waals surface area contributed by atoms with Crippen LogP contribution in [0.25, 0.3) is 0 Å². The first kappa shape index (κ1) is 28.8. The second-order valence-corrected chi connectivity index (χ2v) is 8.68. The molecule has 0 spiro atoms. The van der Waals surface area contributed by atoms with Gasteiger partial charge in [-0.2, -0.15) is 4.57 Å². The number of benzene rings is 3. The van der Waals surface area contributed by atoms with Crippen molar-refractivity contribution in [3.05, 3.63) is 89.5 Å². The predicted octanol–water partition coefficient (Wildman–Crippen LogP) is 4.54. The Balaban J connectivity index is 0.000000770. The van der Waals surface area contributed by atoms with Crippen molar-refractivity contribution in [3.63, 3.8) is 0 Å². The average molecular weight is 602 g/mol. The molecule has 0 heterocycles. The van der Waals surface area contributed by atoms with Gasteiger partial charge in [0.15, 0.2) is 0 Å². The van der Waals surface area contributed by atoms with E-state index in [9.17, 15) is 4.57 Å². The van der Waals surface area contributed by atoms with Crippen molar-refractivity contribution in [3.8, 4) is 17.2 Å². The molecule has 0 bridgehead atoms. The maximum absolute atomic E-state index is 13.5. The monoisotopic (exact) mass is 602 g/mol. The van der Waals surface area contributed by atoms with Crippen molar-refractivity contribution >= 4 is 67.1 Å². The molecule has 3 rings (SSSR count). The van der Waals surface area contributed by atoms with Gasteiger partial charge in [-0.05, 0) is 55.7 Å². The topological polar surface area (TPSA) is 125 Å². The molecule has 3 aromatic rings. The van der Waals surface area contributed by atoms with Crippen LogP contribution in [0.4, 0.5) is 0 Å². The Hall–Kier alpha value is -1.27. The fourth-order valence-electron chi connectivity index (χ4n) is 2.39. The third-order valence-electron chi connectivity index (χ3n) is 3.91. The first-order valence-electron chi connectivity index (χ1n) is 8.99. The van der Waals surface area contributed by atoms with Gasteiger partial charge in [-0.25, -0.2) is 0 Å². The Labute approximate surface area is 228 Å². The maximum atomic E-state index is 13.5. The molecule has 0 aliphatic rings. The molecule has 0 amide bonds. The van der Waals surface area contributed by atoms with Crippen LogP contribution in [-0.2, 0) is 15.0 Å². The van der Waals surface area contributed by atoms with Gasteiger partial charge in [-0.1, -0.05) is 54.6 Å². The summed E-state index contributed by atoms with van der Waals surface area (Å²) in [5.74, 6) is 1.37. The second kappa shape index (κ2) is 12.8. The number of hydrogen-bond acceptors (Lipinski definition) is 8. The normalized spacial score (nSPS) is 10.8. The van der Waals surface area contributed by atoms with E-state index in [0.29, 0.717) is 17.2 Å². The smallest absolute Gasteiger partial charge is 0.759 e. The van der Waals surface area contributed by atoms with E-state index in [4.69, 9.17) is 31.1 Å². The van der Waals surface area contributed by atoms with Crippen molar-refractivity contribution in [2.24, 2.45) is 0 Å². The summed E-state index contributed by atoms with van der Waals surface area (Å²) in [6.45, 7) is 5.63. The largest absolute Gasteiger partial charge is 2.00 e. The number of aryl methyl sites for hydroxylation is 3. The maximum Gasteiger partial charge on any atom is 2.00 e. The molecule has 0 aromatic heterocycles. The Kier molecular flexibility index (Phi) is 11.5. The summed E-state index contributed by atoms with van der Waals surface area (Å²) in [5.41, 5.74) is 2.53. The van der Waals surface area contributed by atoms with Gasteiger partial charge >= 0.3 is 56.7 Å². The van der Waals surface area contributed by atoms with E-state index in [-0.39, 0.29) is 48.9 Å². The SMILES string of the molecule is Cc1ccccc1OP(=O)(Oc1ccccc1C)Oc1ccccc1C.O=S(=O)([O-])[O-].[Ba+2]. The van der Waals surface area contributed by atoms with Gasteiger partial charge in [0, 0.05) is 10.4 Å². The first-order chi connectivity index (χ1) is 14.5. The molecular weight excluding hydrogens is 581 g/mol. The van der Waals surface area contributed by atoms with Gasteiger partial charge in [0.05, 0.1) is 0 Å². The molecule has 0 atom stereocenters. The summed E-state index contributed by atoms with van der Waals surface area (Å²) >= 11 is 0. The van der Waals surface area contributed by atoms with Gasteiger partial charge in [-0.3, -0.25) is 8.42 Å².